The van der Waals surface area contributed by atoms with Gasteiger partial charge < -0.3 is 4.74 Å². The van der Waals surface area contributed by atoms with Crippen molar-refractivity contribution in [1.82, 2.24) is 10.4 Å². The fraction of sp³-hybridized carbons (Fsp3) is 0. The zero-order chi connectivity index (χ0) is 22.8. The van der Waals surface area contributed by atoms with Crippen LogP contribution < -0.4 is 15.2 Å². The third-order valence-electron chi connectivity index (χ3n) is 4.38. The predicted molar refractivity (Wildman–Crippen MR) is 117 cm³/mol. The summed E-state index contributed by atoms with van der Waals surface area (Å²) in [6, 6.07) is 14.1. The number of nitro groups is 1. The van der Waals surface area contributed by atoms with Crippen LogP contribution in [-0.2, 0) is 9.59 Å². The number of para-hydroxylation sites is 1. The van der Waals surface area contributed by atoms with Crippen molar-refractivity contribution in [3.63, 3.8) is 0 Å². The largest absolute Gasteiger partial charge is 0.436 e. The SMILES string of the molecule is O=C1NN(c2ccccc2)C(=O)C1=Cc1cc(Cl)c(Oc2ccc([N+](=O)[O-])cn2)c(Cl)c1. The summed E-state index contributed by atoms with van der Waals surface area (Å²) >= 11 is 12.6. The van der Waals surface area contributed by atoms with Crippen LogP contribution in [0.15, 0.2) is 66.4 Å². The smallest absolute Gasteiger partial charge is 0.287 e. The Morgan fingerprint density at radius 1 is 1.06 bits per heavy atom. The van der Waals surface area contributed by atoms with Gasteiger partial charge in [-0.25, -0.2) is 9.99 Å². The fourth-order valence-electron chi connectivity index (χ4n) is 2.89. The molecule has 160 valence electrons. The van der Waals surface area contributed by atoms with Crippen molar-refractivity contribution in [3.8, 4) is 11.6 Å². The van der Waals surface area contributed by atoms with E-state index in [0.717, 1.165) is 11.2 Å². The summed E-state index contributed by atoms with van der Waals surface area (Å²) in [5.41, 5.74) is 3.14. The molecule has 0 aliphatic carbocycles. The molecule has 11 heteroatoms. The maximum atomic E-state index is 12.7. The molecule has 1 N–H and O–H groups in total. The molecule has 0 atom stereocenters. The van der Waals surface area contributed by atoms with E-state index in [4.69, 9.17) is 27.9 Å². The molecular weight excluding hydrogens is 459 g/mol. The van der Waals surface area contributed by atoms with Crippen molar-refractivity contribution in [2.75, 3.05) is 5.01 Å². The summed E-state index contributed by atoms with van der Waals surface area (Å²) in [4.78, 5) is 39.0. The van der Waals surface area contributed by atoms with Gasteiger partial charge in [0, 0.05) is 12.1 Å². The van der Waals surface area contributed by atoms with E-state index < -0.39 is 16.7 Å². The van der Waals surface area contributed by atoms with E-state index in [0.29, 0.717) is 11.3 Å². The quantitative estimate of drug-likeness (QED) is 0.253. The van der Waals surface area contributed by atoms with Crippen LogP contribution in [0.4, 0.5) is 11.4 Å². The van der Waals surface area contributed by atoms with Crippen LogP contribution >= 0.6 is 23.2 Å². The number of carbonyl (C=O) groups excluding carboxylic acids is 2. The Kier molecular flexibility index (Phi) is 5.76. The minimum atomic E-state index is -0.585. The van der Waals surface area contributed by atoms with Gasteiger partial charge in [-0.05, 0) is 35.9 Å². The molecule has 1 saturated heterocycles. The second kappa shape index (κ2) is 8.66. The van der Waals surface area contributed by atoms with Gasteiger partial charge in [0.2, 0.25) is 5.88 Å². The summed E-state index contributed by atoms with van der Waals surface area (Å²) in [7, 11) is 0. The first-order chi connectivity index (χ1) is 15.3. The first kappa shape index (κ1) is 21.3. The predicted octanol–water partition coefficient (Wildman–Crippen LogP) is 4.55. The van der Waals surface area contributed by atoms with Crippen LogP contribution in [0.2, 0.25) is 10.0 Å². The number of nitrogens with one attached hydrogen (secondary N) is 1. The number of aromatic nitrogens is 1. The molecule has 32 heavy (non-hydrogen) atoms. The number of pyridine rings is 1. The highest BCUT2D eigenvalue weighted by molar-refractivity contribution is 6.37. The highest BCUT2D eigenvalue weighted by Crippen LogP contribution is 2.38. The fourth-order valence-corrected chi connectivity index (χ4v) is 3.47. The van der Waals surface area contributed by atoms with E-state index in [1.807, 2.05) is 0 Å². The van der Waals surface area contributed by atoms with E-state index in [1.165, 1.54) is 30.3 Å². The zero-order valence-electron chi connectivity index (χ0n) is 16.0. The molecule has 0 unspecified atom stereocenters. The van der Waals surface area contributed by atoms with Crippen LogP contribution in [-0.4, -0.2) is 21.7 Å². The number of nitrogens with zero attached hydrogens (tertiary/aromatic N) is 3. The molecule has 0 spiro atoms. The molecule has 2 amide bonds. The molecule has 2 heterocycles. The lowest BCUT2D eigenvalue weighted by Crippen LogP contribution is -2.35. The number of halogens is 2. The Bertz CT molecular complexity index is 1240. The van der Waals surface area contributed by atoms with Crippen molar-refractivity contribution < 1.29 is 19.2 Å². The van der Waals surface area contributed by atoms with E-state index >= 15 is 0 Å². The number of anilines is 1. The van der Waals surface area contributed by atoms with Gasteiger partial charge in [0.25, 0.3) is 17.5 Å². The molecule has 0 radical (unpaired) electrons. The average Bonchev–Trinajstić information content (AvgIpc) is 3.05. The summed E-state index contributed by atoms with van der Waals surface area (Å²) in [5, 5.41) is 12.1. The standard InChI is InChI=1S/C21H12Cl2N4O5/c22-16-9-12(8-15-20(28)25-26(21(15)29)13-4-2-1-3-5-13)10-17(23)19(16)32-18-7-6-14(11-24-18)27(30)31/h1-11H,(H,25,28). The number of hydrazine groups is 1. The lowest BCUT2D eigenvalue weighted by Gasteiger charge is -2.13. The van der Waals surface area contributed by atoms with Crippen LogP contribution in [0.1, 0.15) is 5.56 Å². The number of hydrogen-bond acceptors (Lipinski definition) is 6. The van der Waals surface area contributed by atoms with Crippen LogP contribution in [0.25, 0.3) is 6.08 Å². The molecular formula is C21H12Cl2N4O5. The normalized spacial score (nSPS) is 14.6. The molecule has 1 aliphatic rings. The Morgan fingerprint density at radius 3 is 2.34 bits per heavy atom. The number of rotatable bonds is 5. The molecule has 1 aromatic heterocycles. The van der Waals surface area contributed by atoms with Crippen LogP contribution in [0.5, 0.6) is 11.6 Å². The van der Waals surface area contributed by atoms with E-state index in [1.54, 1.807) is 30.3 Å². The minimum absolute atomic E-state index is 0.0503. The van der Waals surface area contributed by atoms with Crippen molar-refractivity contribution >= 4 is 52.5 Å². The monoisotopic (exact) mass is 470 g/mol. The summed E-state index contributed by atoms with van der Waals surface area (Å²) < 4.78 is 5.54. The maximum absolute atomic E-state index is 12.7. The maximum Gasteiger partial charge on any atom is 0.287 e. The molecule has 9 nitrogen and oxygen atoms in total. The number of carbonyl (C=O) groups is 2. The first-order valence-corrected chi connectivity index (χ1v) is 9.78. The lowest BCUT2D eigenvalue weighted by atomic mass is 10.1. The average molecular weight is 471 g/mol. The molecule has 1 aliphatic heterocycles. The Balaban J connectivity index is 1.59. The van der Waals surface area contributed by atoms with Gasteiger partial charge in [0.1, 0.15) is 11.8 Å². The molecule has 0 bridgehead atoms. The van der Waals surface area contributed by atoms with Crippen LogP contribution in [0, 0.1) is 10.1 Å². The number of hydrogen-bond donors (Lipinski definition) is 1. The summed E-state index contributed by atoms with van der Waals surface area (Å²) in [6.45, 7) is 0. The van der Waals surface area contributed by atoms with E-state index in [-0.39, 0.29) is 32.9 Å². The Morgan fingerprint density at radius 2 is 1.75 bits per heavy atom. The third kappa shape index (κ3) is 4.25. The van der Waals surface area contributed by atoms with Gasteiger partial charge in [-0.2, -0.15) is 0 Å². The molecule has 2 aromatic carbocycles. The van der Waals surface area contributed by atoms with Crippen molar-refractivity contribution in [2.24, 2.45) is 0 Å². The third-order valence-corrected chi connectivity index (χ3v) is 4.94. The van der Waals surface area contributed by atoms with E-state index in [9.17, 15) is 19.7 Å². The van der Waals surface area contributed by atoms with Crippen molar-refractivity contribution in [2.45, 2.75) is 0 Å². The minimum Gasteiger partial charge on any atom is -0.436 e. The molecule has 1 fully saturated rings. The number of benzene rings is 2. The first-order valence-electron chi connectivity index (χ1n) is 9.03. The van der Waals surface area contributed by atoms with Crippen molar-refractivity contribution in [3.05, 3.63) is 92.1 Å². The second-order valence-corrected chi connectivity index (χ2v) is 7.32. The molecule has 3 aromatic rings. The van der Waals surface area contributed by atoms with Gasteiger partial charge in [0.15, 0.2) is 5.75 Å². The van der Waals surface area contributed by atoms with Crippen LogP contribution in [0.3, 0.4) is 0 Å². The molecule has 0 saturated carbocycles. The summed E-state index contributed by atoms with van der Waals surface area (Å²) in [6.07, 6.45) is 2.41. The Hall–Kier alpha value is -3.95. The highest BCUT2D eigenvalue weighted by atomic mass is 35.5. The van der Waals surface area contributed by atoms with Gasteiger partial charge in [-0.1, -0.05) is 41.4 Å². The summed E-state index contributed by atoms with van der Waals surface area (Å²) in [5.74, 6) is -0.968. The lowest BCUT2D eigenvalue weighted by molar-refractivity contribution is -0.385. The Labute approximate surface area is 191 Å². The van der Waals surface area contributed by atoms with Gasteiger partial charge in [-0.3, -0.25) is 25.1 Å². The van der Waals surface area contributed by atoms with Crippen molar-refractivity contribution in [1.29, 1.82) is 0 Å². The van der Waals surface area contributed by atoms with Gasteiger partial charge in [-0.15, -0.1) is 0 Å². The molecule has 4 rings (SSSR count). The van der Waals surface area contributed by atoms with Gasteiger partial charge in [0.05, 0.1) is 20.7 Å². The van der Waals surface area contributed by atoms with Gasteiger partial charge >= 0.3 is 0 Å². The highest BCUT2D eigenvalue weighted by Gasteiger charge is 2.34. The number of ether oxygens (including phenoxy) is 1. The second-order valence-electron chi connectivity index (χ2n) is 6.50. The zero-order valence-corrected chi connectivity index (χ0v) is 17.5. The number of amides is 2. The topological polar surface area (TPSA) is 115 Å². The van der Waals surface area contributed by atoms with E-state index in [2.05, 4.69) is 10.4 Å².